The van der Waals surface area contributed by atoms with Crippen molar-refractivity contribution in [3.8, 4) is 0 Å². The Bertz CT molecular complexity index is 495. The number of benzene rings is 1. The molecule has 2 amide bonds. The van der Waals surface area contributed by atoms with Crippen LogP contribution >= 0.6 is 0 Å². The molecular weight excluding hydrogens is 244 g/mol. The van der Waals surface area contributed by atoms with Gasteiger partial charge in [0.25, 0.3) is 0 Å². The molecule has 2 rings (SSSR count). The number of Topliss-reactive ketones (excluding diaryl/α,β-unsaturated/α-hetero) is 1. The van der Waals surface area contributed by atoms with Crippen molar-refractivity contribution < 1.29 is 14.7 Å². The molecule has 0 unspecified atom stereocenters. The lowest BCUT2D eigenvalue weighted by Crippen LogP contribution is -2.48. The second kappa shape index (κ2) is 5.40. The van der Waals surface area contributed by atoms with Gasteiger partial charge < -0.3 is 15.7 Å². The largest absolute Gasteiger partial charge is 0.388 e. The summed E-state index contributed by atoms with van der Waals surface area (Å²) in [6, 6.07) is 6.37. The number of hydrogen-bond donors (Lipinski definition) is 3. The fourth-order valence-corrected chi connectivity index (χ4v) is 2.00. The molecule has 1 aliphatic rings. The quantitative estimate of drug-likeness (QED) is 0.725. The second-order valence-corrected chi connectivity index (χ2v) is 5.02. The number of amides is 2. The average Bonchev–Trinajstić information content (AvgIpc) is 2.34. The topological polar surface area (TPSA) is 78.4 Å². The van der Waals surface area contributed by atoms with Gasteiger partial charge in [-0.25, -0.2) is 4.79 Å². The minimum atomic E-state index is -0.738. The summed E-state index contributed by atoms with van der Waals surface area (Å²) in [5.41, 5.74) is 0.375. The van der Waals surface area contributed by atoms with E-state index in [-0.39, 0.29) is 18.4 Å². The third kappa shape index (κ3) is 3.54. The molecule has 0 atom stereocenters. The molecule has 1 aliphatic carbocycles. The summed E-state index contributed by atoms with van der Waals surface area (Å²) in [6.07, 6.45) is 2.46. The Labute approximate surface area is 112 Å². The number of nitrogens with one attached hydrogen (secondary N) is 2. The van der Waals surface area contributed by atoms with Crippen molar-refractivity contribution in [3.63, 3.8) is 0 Å². The summed E-state index contributed by atoms with van der Waals surface area (Å²) in [6.45, 7) is 1.73. The summed E-state index contributed by atoms with van der Waals surface area (Å²) in [5, 5.41) is 15.1. The van der Waals surface area contributed by atoms with Gasteiger partial charge in [-0.05, 0) is 38.3 Å². The molecule has 0 heterocycles. The Morgan fingerprint density at radius 2 is 2.11 bits per heavy atom. The predicted octanol–water partition coefficient (Wildman–Crippen LogP) is 1.93. The highest BCUT2D eigenvalue weighted by Gasteiger charge is 2.34. The molecule has 0 aliphatic heterocycles. The summed E-state index contributed by atoms with van der Waals surface area (Å²) >= 11 is 0. The minimum absolute atomic E-state index is 0.0483. The van der Waals surface area contributed by atoms with Crippen molar-refractivity contribution >= 4 is 17.5 Å². The minimum Gasteiger partial charge on any atom is -0.388 e. The van der Waals surface area contributed by atoms with Crippen LogP contribution in [0.3, 0.4) is 0 Å². The number of anilines is 1. The maximum Gasteiger partial charge on any atom is 0.319 e. The van der Waals surface area contributed by atoms with E-state index in [4.69, 9.17) is 0 Å². The first kappa shape index (κ1) is 13.5. The van der Waals surface area contributed by atoms with E-state index >= 15 is 0 Å². The highest BCUT2D eigenvalue weighted by molar-refractivity contribution is 5.96. The van der Waals surface area contributed by atoms with E-state index in [1.165, 1.54) is 6.92 Å². The van der Waals surface area contributed by atoms with Crippen LogP contribution in [0.2, 0.25) is 0 Å². The van der Waals surface area contributed by atoms with E-state index in [1.54, 1.807) is 24.3 Å². The Hall–Kier alpha value is -1.88. The number of ketones is 1. The number of rotatable bonds is 4. The molecule has 1 fully saturated rings. The number of hydrogen-bond acceptors (Lipinski definition) is 3. The van der Waals surface area contributed by atoms with Gasteiger partial charge in [-0.15, -0.1) is 0 Å². The molecule has 102 valence electrons. The van der Waals surface area contributed by atoms with Crippen molar-refractivity contribution in [2.24, 2.45) is 0 Å². The molecule has 0 aromatic heterocycles. The predicted molar refractivity (Wildman–Crippen MR) is 72.3 cm³/mol. The van der Waals surface area contributed by atoms with Crippen LogP contribution < -0.4 is 10.6 Å². The zero-order valence-corrected chi connectivity index (χ0v) is 10.9. The van der Waals surface area contributed by atoms with Crippen LogP contribution in [0.15, 0.2) is 24.3 Å². The molecule has 19 heavy (non-hydrogen) atoms. The summed E-state index contributed by atoms with van der Waals surface area (Å²) in [4.78, 5) is 22.9. The third-order valence-corrected chi connectivity index (χ3v) is 3.39. The summed E-state index contributed by atoms with van der Waals surface area (Å²) in [5.74, 6) is -0.0483. The number of aliphatic hydroxyl groups is 1. The standard InChI is InChI=1S/C14H18N2O3/c1-10(17)11-4-2-5-12(8-11)16-13(18)15-9-14(19)6-3-7-14/h2,4-5,8,19H,3,6-7,9H2,1H3,(H2,15,16,18). The van der Waals surface area contributed by atoms with Gasteiger partial charge in [-0.3, -0.25) is 4.79 Å². The van der Waals surface area contributed by atoms with Crippen LogP contribution in [0.5, 0.6) is 0 Å². The number of carbonyl (C=O) groups excluding carboxylic acids is 2. The Morgan fingerprint density at radius 3 is 2.68 bits per heavy atom. The van der Waals surface area contributed by atoms with Crippen LogP contribution in [0.25, 0.3) is 0 Å². The molecule has 0 spiro atoms. The lowest BCUT2D eigenvalue weighted by atomic mass is 9.80. The van der Waals surface area contributed by atoms with Crippen molar-refractivity contribution in [2.45, 2.75) is 31.8 Å². The van der Waals surface area contributed by atoms with Crippen LogP contribution in [0.4, 0.5) is 10.5 Å². The molecule has 1 saturated carbocycles. The van der Waals surface area contributed by atoms with Gasteiger partial charge in [-0.1, -0.05) is 12.1 Å². The van der Waals surface area contributed by atoms with E-state index in [0.717, 1.165) is 19.3 Å². The zero-order valence-electron chi connectivity index (χ0n) is 10.9. The van der Waals surface area contributed by atoms with E-state index in [9.17, 15) is 14.7 Å². The zero-order chi connectivity index (χ0) is 13.9. The Kier molecular flexibility index (Phi) is 3.85. The van der Waals surface area contributed by atoms with Gasteiger partial charge in [0.05, 0.1) is 5.60 Å². The monoisotopic (exact) mass is 262 g/mol. The molecule has 0 bridgehead atoms. The van der Waals surface area contributed by atoms with Crippen LogP contribution in [0.1, 0.15) is 36.5 Å². The maximum absolute atomic E-state index is 11.7. The van der Waals surface area contributed by atoms with E-state index in [2.05, 4.69) is 10.6 Å². The van der Waals surface area contributed by atoms with Crippen molar-refractivity contribution in [2.75, 3.05) is 11.9 Å². The Balaban J connectivity index is 1.88. The van der Waals surface area contributed by atoms with E-state index < -0.39 is 5.60 Å². The van der Waals surface area contributed by atoms with Crippen LogP contribution in [-0.4, -0.2) is 29.1 Å². The number of urea groups is 1. The highest BCUT2D eigenvalue weighted by atomic mass is 16.3. The lowest BCUT2D eigenvalue weighted by Gasteiger charge is -2.36. The molecular formula is C14H18N2O3. The smallest absolute Gasteiger partial charge is 0.319 e. The van der Waals surface area contributed by atoms with Crippen molar-refractivity contribution in [3.05, 3.63) is 29.8 Å². The van der Waals surface area contributed by atoms with Crippen molar-refractivity contribution in [1.29, 1.82) is 0 Å². The fourth-order valence-electron chi connectivity index (χ4n) is 2.00. The van der Waals surface area contributed by atoms with Gasteiger partial charge in [0.15, 0.2) is 5.78 Å². The summed E-state index contributed by atoms with van der Waals surface area (Å²) < 4.78 is 0. The molecule has 3 N–H and O–H groups in total. The normalized spacial score (nSPS) is 16.3. The first-order chi connectivity index (χ1) is 8.98. The fraction of sp³-hybridized carbons (Fsp3) is 0.429. The van der Waals surface area contributed by atoms with Gasteiger partial charge in [0, 0.05) is 17.8 Å². The molecule has 0 saturated heterocycles. The lowest BCUT2D eigenvalue weighted by molar-refractivity contribution is -0.0287. The van der Waals surface area contributed by atoms with E-state index in [0.29, 0.717) is 11.3 Å². The third-order valence-electron chi connectivity index (χ3n) is 3.39. The molecule has 0 radical (unpaired) electrons. The molecule has 1 aromatic rings. The van der Waals surface area contributed by atoms with Gasteiger partial charge in [0.1, 0.15) is 0 Å². The van der Waals surface area contributed by atoms with Crippen LogP contribution in [-0.2, 0) is 0 Å². The van der Waals surface area contributed by atoms with Crippen LogP contribution in [0, 0.1) is 0 Å². The SMILES string of the molecule is CC(=O)c1cccc(NC(=O)NCC2(O)CCC2)c1. The molecule has 1 aromatic carbocycles. The van der Waals surface area contributed by atoms with Gasteiger partial charge >= 0.3 is 6.03 Å². The molecule has 5 heteroatoms. The van der Waals surface area contributed by atoms with Gasteiger partial charge in [-0.2, -0.15) is 0 Å². The van der Waals surface area contributed by atoms with Gasteiger partial charge in [0.2, 0.25) is 0 Å². The van der Waals surface area contributed by atoms with E-state index in [1.807, 2.05) is 0 Å². The first-order valence-corrected chi connectivity index (χ1v) is 6.37. The van der Waals surface area contributed by atoms with Crippen molar-refractivity contribution in [1.82, 2.24) is 5.32 Å². The Morgan fingerprint density at radius 1 is 1.37 bits per heavy atom. The summed E-state index contributed by atoms with van der Waals surface area (Å²) in [7, 11) is 0. The highest BCUT2D eigenvalue weighted by Crippen LogP contribution is 2.30. The first-order valence-electron chi connectivity index (χ1n) is 6.37. The number of carbonyl (C=O) groups is 2. The molecule has 5 nitrogen and oxygen atoms in total. The maximum atomic E-state index is 11.7. The average molecular weight is 262 g/mol. The second-order valence-electron chi connectivity index (χ2n) is 5.02.